The van der Waals surface area contributed by atoms with Crippen molar-refractivity contribution >= 4 is 10.0 Å². The fourth-order valence-corrected chi connectivity index (χ4v) is 1.26. The van der Waals surface area contributed by atoms with Crippen molar-refractivity contribution in [1.29, 1.82) is 0 Å². The second-order valence-corrected chi connectivity index (χ2v) is 3.85. The second-order valence-electron chi connectivity index (χ2n) is 1.87. The summed E-state index contributed by atoms with van der Waals surface area (Å²) in [6.07, 6.45) is 3.14. The summed E-state index contributed by atoms with van der Waals surface area (Å²) in [5.74, 6) is 0. The maximum atomic E-state index is 10.5. The van der Waals surface area contributed by atoms with Gasteiger partial charge in [-0.05, 0) is 6.42 Å². The Kier molecular flexibility index (Phi) is 1.28. The highest BCUT2D eigenvalue weighted by Gasteiger charge is 2.22. The molecule has 1 fully saturated rings. The molecule has 0 spiro atoms. The first kappa shape index (κ1) is 6.04. The van der Waals surface area contributed by atoms with E-state index in [0.29, 0.717) is 13.1 Å². The van der Waals surface area contributed by atoms with E-state index in [1.54, 1.807) is 0 Å². The third kappa shape index (κ3) is 1.00. The molecule has 47 valence electrons. The van der Waals surface area contributed by atoms with Gasteiger partial charge in [0.25, 0.3) is 0 Å². The zero-order chi connectivity index (χ0) is 6.20. The van der Waals surface area contributed by atoms with Crippen molar-refractivity contribution in [3.63, 3.8) is 0 Å². The predicted octanol–water partition coefficient (Wildman–Crippen LogP) is -0.534. The van der Waals surface area contributed by atoms with Crippen LogP contribution in [0.4, 0.5) is 0 Å². The van der Waals surface area contributed by atoms with Gasteiger partial charge in [0.15, 0.2) is 0 Å². The summed E-state index contributed by atoms with van der Waals surface area (Å²) < 4.78 is 22.4. The molecule has 0 aromatic heterocycles. The highest BCUT2D eigenvalue weighted by atomic mass is 32.2. The topological polar surface area (TPSA) is 37.4 Å². The van der Waals surface area contributed by atoms with Gasteiger partial charge < -0.3 is 0 Å². The molecule has 0 saturated carbocycles. The van der Waals surface area contributed by atoms with Crippen LogP contribution in [0.3, 0.4) is 0 Å². The van der Waals surface area contributed by atoms with E-state index < -0.39 is 10.0 Å². The smallest absolute Gasteiger partial charge is 0.211 e. The molecule has 1 rings (SSSR count). The van der Waals surface area contributed by atoms with E-state index in [-0.39, 0.29) is 0 Å². The van der Waals surface area contributed by atoms with Crippen molar-refractivity contribution in [3.8, 4) is 0 Å². The fraction of sp³-hybridized carbons (Fsp3) is 0.750. The maximum Gasteiger partial charge on any atom is 0.211 e. The molecule has 1 radical (unpaired) electrons. The minimum atomic E-state index is -2.86. The van der Waals surface area contributed by atoms with Crippen LogP contribution in [0.15, 0.2) is 0 Å². The first-order chi connectivity index (χ1) is 3.61. The van der Waals surface area contributed by atoms with Crippen LogP contribution in [0.5, 0.6) is 0 Å². The molecule has 0 bridgehead atoms. The van der Waals surface area contributed by atoms with Gasteiger partial charge in [-0.2, -0.15) is 0 Å². The third-order valence-corrected chi connectivity index (χ3v) is 2.37. The van der Waals surface area contributed by atoms with Crippen molar-refractivity contribution in [3.05, 3.63) is 6.42 Å². The van der Waals surface area contributed by atoms with Gasteiger partial charge in [0.05, 0.1) is 6.26 Å². The summed E-state index contributed by atoms with van der Waals surface area (Å²) in [6, 6.07) is 0. The van der Waals surface area contributed by atoms with Crippen LogP contribution in [0.2, 0.25) is 0 Å². The minimum absolute atomic E-state index is 0.596. The van der Waals surface area contributed by atoms with Crippen molar-refractivity contribution in [1.82, 2.24) is 4.31 Å². The quantitative estimate of drug-likeness (QED) is 0.483. The molecule has 0 atom stereocenters. The van der Waals surface area contributed by atoms with Gasteiger partial charge in [-0.3, -0.25) is 0 Å². The Morgan fingerprint density at radius 2 is 2.00 bits per heavy atom. The van der Waals surface area contributed by atoms with Crippen molar-refractivity contribution in [2.75, 3.05) is 19.3 Å². The third-order valence-electron chi connectivity index (χ3n) is 1.13. The Morgan fingerprint density at radius 3 is 2.00 bits per heavy atom. The van der Waals surface area contributed by atoms with Gasteiger partial charge in [-0.25, -0.2) is 12.7 Å². The average molecular weight is 134 g/mol. The van der Waals surface area contributed by atoms with E-state index in [1.165, 1.54) is 10.6 Å². The Morgan fingerprint density at radius 1 is 1.50 bits per heavy atom. The zero-order valence-corrected chi connectivity index (χ0v) is 5.48. The van der Waals surface area contributed by atoms with E-state index in [0.717, 1.165) is 0 Å². The van der Waals surface area contributed by atoms with E-state index in [9.17, 15) is 8.42 Å². The van der Waals surface area contributed by atoms with Gasteiger partial charge in [0.1, 0.15) is 0 Å². The van der Waals surface area contributed by atoms with Gasteiger partial charge >= 0.3 is 0 Å². The van der Waals surface area contributed by atoms with Crippen LogP contribution >= 0.6 is 0 Å². The fourth-order valence-electron chi connectivity index (χ4n) is 0.505. The molecular formula is C4H8NO2S. The van der Waals surface area contributed by atoms with Crippen molar-refractivity contribution in [2.24, 2.45) is 0 Å². The number of rotatable bonds is 1. The SMILES string of the molecule is CS(=O)(=O)N1C[CH]C1. The molecule has 1 heterocycles. The number of sulfonamides is 1. The molecule has 1 aliphatic heterocycles. The predicted molar refractivity (Wildman–Crippen MR) is 30.7 cm³/mol. The van der Waals surface area contributed by atoms with Gasteiger partial charge in [0.2, 0.25) is 10.0 Å². The van der Waals surface area contributed by atoms with Crippen LogP contribution in [0.25, 0.3) is 0 Å². The van der Waals surface area contributed by atoms with Crippen LogP contribution in [0, 0.1) is 6.42 Å². The monoisotopic (exact) mass is 134 g/mol. The highest BCUT2D eigenvalue weighted by molar-refractivity contribution is 7.88. The summed E-state index contributed by atoms with van der Waals surface area (Å²) in [6.45, 7) is 1.19. The Bertz CT molecular complexity index is 168. The second kappa shape index (κ2) is 1.70. The molecule has 8 heavy (non-hydrogen) atoms. The summed E-state index contributed by atoms with van der Waals surface area (Å²) >= 11 is 0. The Labute approximate surface area is 49.3 Å². The molecule has 0 aliphatic carbocycles. The van der Waals surface area contributed by atoms with Crippen molar-refractivity contribution in [2.45, 2.75) is 0 Å². The molecule has 0 N–H and O–H groups in total. The summed E-state index contributed by atoms with van der Waals surface area (Å²) in [5, 5.41) is 0. The van der Waals surface area contributed by atoms with Crippen LogP contribution in [-0.2, 0) is 10.0 Å². The lowest BCUT2D eigenvalue weighted by atomic mass is 10.3. The van der Waals surface area contributed by atoms with Crippen molar-refractivity contribution < 1.29 is 8.42 Å². The molecular weight excluding hydrogens is 126 g/mol. The average Bonchev–Trinajstić information content (AvgIpc) is 1.16. The van der Waals surface area contributed by atoms with Crippen LogP contribution < -0.4 is 0 Å². The van der Waals surface area contributed by atoms with Gasteiger partial charge in [-0.1, -0.05) is 0 Å². The summed E-state index contributed by atoms with van der Waals surface area (Å²) in [4.78, 5) is 0. The first-order valence-electron chi connectivity index (χ1n) is 2.37. The van der Waals surface area contributed by atoms with E-state index in [2.05, 4.69) is 0 Å². The van der Waals surface area contributed by atoms with Gasteiger partial charge in [0, 0.05) is 13.1 Å². The molecule has 3 nitrogen and oxygen atoms in total. The standard InChI is InChI=1S/C4H8NO2S/c1-8(6,7)5-3-2-4-5/h2H,3-4H2,1H3. The Balaban J connectivity index is 2.60. The molecule has 0 unspecified atom stereocenters. The van der Waals surface area contributed by atoms with E-state index in [1.807, 2.05) is 6.42 Å². The lowest BCUT2D eigenvalue weighted by Crippen LogP contribution is -2.41. The van der Waals surface area contributed by atoms with E-state index in [4.69, 9.17) is 0 Å². The molecule has 1 saturated heterocycles. The minimum Gasteiger partial charge on any atom is -0.213 e. The van der Waals surface area contributed by atoms with E-state index >= 15 is 0 Å². The number of hydrogen-bond acceptors (Lipinski definition) is 2. The van der Waals surface area contributed by atoms with Gasteiger partial charge in [-0.15, -0.1) is 0 Å². The first-order valence-corrected chi connectivity index (χ1v) is 4.22. The summed E-state index contributed by atoms with van der Waals surface area (Å²) in [5.41, 5.74) is 0. The Hall–Kier alpha value is -0.0900. The molecule has 0 aromatic rings. The zero-order valence-electron chi connectivity index (χ0n) is 4.66. The highest BCUT2D eigenvalue weighted by Crippen LogP contribution is 2.08. The van der Waals surface area contributed by atoms with Crippen LogP contribution in [0.1, 0.15) is 0 Å². The largest absolute Gasteiger partial charge is 0.213 e. The molecule has 4 heteroatoms. The number of hydrogen-bond donors (Lipinski definition) is 0. The maximum absolute atomic E-state index is 10.5. The summed E-state index contributed by atoms with van der Waals surface area (Å²) in [7, 11) is -2.86. The normalized spacial score (nSPS) is 22.6. The lowest BCUT2D eigenvalue weighted by Gasteiger charge is -2.27. The van der Waals surface area contributed by atoms with Crippen LogP contribution in [-0.4, -0.2) is 32.1 Å². The molecule has 0 amide bonds. The molecule has 1 aliphatic rings. The lowest BCUT2D eigenvalue weighted by molar-refractivity contribution is 0.389. The molecule has 0 aromatic carbocycles. The number of nitrogens with zero attached hydrogens (tertiary/aromatic N) is 1.